The van der Waals surface area contributed by atoms with Crippen molar-refractivity contribution in [2.75, 3.05) is 13.1 Å². The molecule has 3 rings (SSSR count). The highest BCUT2D eigenvalue weighted by molar-refractivity contribution is 6.01. The maximum atomic E-state index is 13.0. The molecular formula is C19H19F3N2O. The molecule has 3 nitrogen and oxygen atoms in total. The maximum Gasteiger partial charge on any atom is 0.416 e. The molecule has 1 atom stereocenters. The molecule has 2 aromatic rings. The summed E-state index contributed by atoms with van der Waals surface area (Å²) in [4.78, 5) is 14.7. The van der Waals surface area contributed by atoms with Crippen molar-refractivity contribution in [3.8, 4) is 11.1 Å². The van der Waals surface area contributed by atoms with Gasteiger partial charge in [-0.3, -0.25) is 4.79 Å². The Morgan fingerprint density at radius 1 is 1.16 bits per heavy atom. The number of nitrogens with two attached hydrogens (primary N) is 1. The van der Waals surface area contributed by atoms with Gasteiger partial charge < -0.3 is 10.6 Å². The SMILES string of the molecule is NC[C@@H]1CCCN1C(=O)c1ccccc1-c1cccc(C(F)(F)F)c1. The number of amides is 1. The van der Waals surface area contributed by atoms with E-state index in [1.54, 1.807) is 35.2 Å². The summed E-state index contributed by atoms with van der Waals surface area (Å²) in [6.07, 6.45) is -2.68. The summed E-state index contributed by atoms with van der Waals surface area (Å²) in [6, 6.07) is 11.8. The molecule has 25 heavy (non-hydrogen) atoms. The molecular weight excluding hydrogens is 329 g/mol. The second kappa shape index (κ2) is 6.88. The van der Waals surface area contributed by atoms with Gasteiger partial charge in [-0.15, -0.1) is 0 Å². The fourth-order valence-corrected chi connectivity index (χ4v) is 3.29. The molecule has 0 aromatic heterocycles. The summed E-state index contributed by atoms with van der Waals surface area (Å²) in [5.41, 5.74) is 6.29. The van der Waals surface area contributed by atoms with Crippen molar-refractivity contribution in [2.24, 2.45) is 5.73 Å². The van der Waals surface area contributed by atoms with Crippen LogP contribution >= 0.6 is 0 Å². The number of hydrogen-bond acceptors (Lipinski definition) is 2. The summed E-state index contributed by atoms with van der Waals surface area (Å²) in [5, 5.41) is 0. The Bertz CT molecular complexity index is 773. The average Bonchev–Trinajstić information content (AvgIpc) is 3.09. The second-order valence-corrected chi connectivity index (χ2v) is 6.15. The van der Waals surface area contributed by atoms with Crippen LogP contribution < -0.4 is 5.73 Å². The predicted molar refractivity (Wildman–Crippen MR) is 90.0 cm³/mol. The van der Waals surface area contributed by atoms with Crippen LogP contribution in [0.3, 0.4) is 0 Å². The lowest BCUT2D eigenvalue weighted by atomic mass is 9.97. The molecule has 1 fully saturated rings. The highest BCUT2D eigenvalue weighted by atomic mass is 19.4. The average molecular weight is 348 g/mol. The lowest BCUT2D eigenvalue weighted by Crippen LogP contribution is -2.40. The van der Waals surface area contributed by atoms with E-state index in [1.807, 2.05) is 0 Å². The third-order valence-electron chi connectivity index (χ3n) is 4.57. The van der Waals surface area contributed by atoms with E-state index < -0.39 is 11.7 Å². The summed E-state index contributed by atoms with van der Waals surface area (Å²) >= 11 is 0. The minimum Gasteiger partial charge on any atom is -0.334 e. The van der Waals surface area contributed by atoms with Crippen molar-refractivity contribution < 1.29 is 18.0 Å². The van der Waals surface area contributed by atoms with Gasteiger partial charge in [0.25, 0.3) is 5.91 Å². The molecule has 2 N–H and O–H groups in total. The Balaban J connectivity index is 2.01. The van der Waals surface area contributed by atoms with Gasteiger partial charge in [0.15, 0.2) is 0 Å². The first kappa shape index (κ1) is 17.5. The quantitative estimate of drug-likeness (QED) is 0.913. The van der Waals surface area contributed by atoms with Gasteiger partial charge in [0.2, 0.25) is 0 Å². The third kappa shape index (κ3) is 3.54. The Morgan fingerprint density at radius 2 is 1.92 bits per heavy atom. The van der Waals surface area contributed by atoms with Crippen molar-refractivity contribution in [3.63, 3.8) is 0 Å². The first-order valence-corrected chi connectivity index (χ1v) is 8.19. The topological polar surface area (TPSA) is 46.3 Å². The van der Waals surface area contributed by atoms with E-state index in [9.17, 15) is 18.0 Å². The van der Waals surface area contributed by atoms with E-state index in [2.05, 4.69) is 0 Å². The molecule has 1 saturated heterocycles. The fraction of sp³-hybridized carbons (Fsp3) is 0.316. The molecule has 0 radical (unpaired) electrons. The number of alkyl halides is 3. The van der Waals surface area contributed by atoms with Crippen LogP contribution in [0.5, 0.6) is 0 Å². The zero-order valence-electron chi connectivity index (χ0n) is 13.6. The molecule has 0 spiro atoms. The van der Waals surface area contributed by atoms with Gasteiger partial charge in [-0.05, 0) is 42.2 Å². The van der Waals surface area contributed by atoms with Crippen molar-refractivity contribution in [1.29, 1.82) is 0 Å². The zero-order chi connectivity index (χ0) is 18.0. The largest absolute Gasteiger partial charge is 0.416 e. The molecule has 0 unspecified atom stereocenters. The number of carbonyl (C=O) groups excluding carboxylic acids is 1. The number of nitrogens with zero attached hydrogens (tertiary/aromatic N) is 1. The van der Waals surface area contributed by atoms with Gasteiger partial charge in [0.05, 0.1) is 5.56 Å². The van der Waals surface area contributed by atoms with Crippen LogP contribution in [0.2, 0.25) is 0 Å². The molecule has 1 amide bonds. The Labute approximate surface area is 144 Å². The van der Waals surface area contributed by atoms with Gasteiger partial charge in [-0.2, -0.15) is 13.2 Å². The molecule has 132 valence electrons. The highest BCUT2D eigenvalue weighted by Gasteiger charge is 2.32. The van der Waals surface area contributed by atoms with E-state index in [0.717, 1.165) is 25.0 Å². The Morgan fingerprint density at radius 3 is 2.64 bits per heavy atom. The van der Waals surface area contributed by atoms with Gasteiger partial charge in [-0.25, -0.2) is 0 Å². The van der Waals surface area contributed by atoms with E-state index in [1.165, 1.54) is 6.07 Å². The smallest absolute Gasteiger partial charge is 0.334 e. The van der Waals surface area contributed by atoms with Crippen molar-refractivity contribution in [3.05, 3.63) is 59.7 Å². The number of benzene rings is 2. The van der Waals surface area contributed by atoms with Crippen LogP contribution in [0.4, 0.5) is 13.2 Å². The Hall–Kier alpha value is -2.34. The van der Waals surface area contributed by atoms with Crippen molar-refractivity contribution in [2.45, 2.75) is 25.1 Å². The zero-order valence-corrected chi connectivity index (χ0v) is 13.6. The predicted octanol–water partition coefficient (Wildman–Crippen LogP) is 3.94. The number of halogens is 3. The van der Waals surface area contributed by atoms with Crippen LogP contribution in [0, 0.1) is 0 Å². The van der Waals surface area contributed by atoms with E-state index in [-0.39, 0.29) is 11.9 Å². The normalized spacial score (nSPS) is 17.8. The first-order valence-electron chi connectivity index (χ1n) is 8.19. The molecule has 0 saturated carbocycles. The number of rotatable bonds is 3. The van der Waals surface area contributed by atoms with E-state index in [0.29, 0.717) is 29.8 Å². The van der Waals surface area contributed by atoms with E-state index in [4.69, 9.17) is 5.73 Å². The maximum absolute atomic E-state index is 13.0. The minimum absolute atomic E-state index is 0.0120. The summed E-state index contributed by atoms with van der Waals surface area (Å²) in [7, 11) is 0. The van der Waals surface area contributed by atoms with Gasteiger partial charge >= 0.3 is 6.18 Å². The van der Waals surface area contributed by atoms with Crippen LogP contribution in [-0.2, 0) is 6.18 Å². The fourth-order valence-electron chi connectivity index (χ4n) is 3.29. The van der Waals surface area contributed by atoms with Crippen molar-refractivity contribution in [1.82, 2.24) is 4.90 Å². The summed E-state index contributed by atoms with van der Waals surface area (Å²) < 4.78 is 39.0. The van der Waals surface area contributed by atoms with Crippen LogP contribution in [-0.4, -0.2) is 29.9 Å². The van der Waals surface area contributed by atoms with Gasteiger partial charge in [0.1, 0.15) is 0 Å². The van der Waals surface area contributed by atoms with Crippen LogP contribution in [0.1, 0.15) is 28.8 Å². The molecule has 1 aliphatic heterocycles. The minimum atomic E-state index is -4.42. The lowest BCUT2D eigenvalue weighted by Gasteiger charge is -2.24. The number of hydrogen-bond donors (Lipinski definition) is 1. The second-order valence-electron chi connectivity index (χ2n) is 6.15. The molecule has 6 heteroatoms. The highest BCUT2D eigenvalue weighted by Crippen LogP contribution is 2.34. The summed E-state index contributed by atoms with van der Waals surface area (Å²) in [6.45, 7) is 1.01. The van der Waals surface area contributed by atoms with Gasteiger partial charge in [-0.1, -0.05) is 30.3 Å². The van der Waals surface area contributed by atoms with Crippen LogP contribution in [0.15, 0.2) is 48.5 Å². The van der Waals surface area contributed by atoms with Gasteiger partial charge in [0, 0.05) is 24.7 Å². The standard InChI is InChI=1S/C19H19F3N2O/c20-19(21,22)14-6-3-5-13(11-14)16-8-1-2-9-17(16)18(25)24-10-4-7-15(24)12-23/h1-3,5-6,8-9,11,15H,4,7,10,12,23H2/t15-/m0/s1. The van der Waals surface area contributed by atoms with E-state index >= 15 is 0 Å². The molecule has 0 aliphatic carbocycles. The Kier molecular flexibility index (Phi) is 4.81. The molecule has 1 heterocycles. The number of likely N-dealkylation sites (tertiary alicyclic amines) is 1. The number of carbonyl (C=O) groups is 1. The molecule has 1 aliphatic rings. The molecule has 0 bridgehead atoms. The van der Waals surface area contributed by atoms with Crippen molar-refractivity contribution >= 4 is 5.91 Å². The molecule has 2 aromatic carbocycles. The third-order valence-corrected chi connectivity index (χ3v) is 4.57. The monoisotopic (exact) mass is 348 g/mol. The lowest BCUT2D eigenvalue weighted by molar-refractivity contribution is -0.137. The van der Waals surface area contributed by atoms with Crippen LogP contribution in [0.25, 0.3) is 11.1 Å². The first-order chi connectivity index (χ1) is 11.9. The summed E-state index contributed by atoms with van der Waals surface area (Å²) in [5.74, 6) is -0.180.